The summed E-state index contributed by atoms with van der Waals surface area (Å²) in [6.45, 7) is 12.2. The highest BCUT2D eigenvalue weighted by Crippen LogP contribution is 2.29. The molecule has 1 aliphatic rings. The lowest BCUT2D eigenvalue weighted by Crippen LogP contribution is -2.63. The Morgan fingerprint density at radius 3 is 2.44 bits per heavy atom. The zero-order valence-corrected chi connectivity index (χ0v) is 11.9. The highest BCUT2D eigenvalue weighted by molar-refractivity contribution is 5.02. The summed E-state index contributed by atoms with van der Waals surface area (Å²) in [4.78, 5) is 6.53. The van der Waals surface area contributed by atoms with Gasteiger partial charge in [0.2, 0.25) is 5.89 Å². The van der Waals surface area contributed by atoms with Crippen LogP contribution < -0.4 is 0 Å². The van der Waals surface area contributed by atoms with E-state index in [1.807, 2.05) is 34.6 Å². The van der Waals surface area contributed by atoms with Gasteiger partial charge in [-0.1, -0.05) is 39.8 Å². The molecule has 5 heteroatoms. The average Bonchev–Trinajstić information content (AvgIpc) is 2.62. The quantitative estimate of drug-likeness (QED) is 0.886. The maximum Gasteiger partial charge on any atom is 0.232 e. The van der Waals surface area contributed by atoms with Crippen LogP contribution in [0.15, 0.2) is 4.52 Å². The molecule has 1 N–H and O–H groups in total. The molecule has 1 aliphatic heterocycles. The molecule has 0 aliphatic carbocycles. The number of aromatic nitrogens is 2. The van der Waals surface area contributed by atoms with E-state index in [-0.39, 0.29) is 11.3 Å². The minimum Gasteiger partial charge on any atom is -0.387 e. The van der Waals surface area contributed by atoms with Crippen molar-refractivity contribution in [2.45, 2.75) is 52.2 Å². The van der Waals surface area contributed by atoms with Crippen molar-refractivity contribution in [2.75, 3.05) is 13.1 Å². The normalized spacial score (nSPS) is 20.2. The first-order valence-electron chi connectivity index (χ1n) is 6.48. The van der Waals surface area contributed by atoms with Crippen LogP contribution in [0.4, 0.5) is 0 Å². The van der Waals surface area contributed by atoms with Crippen LogP contribution in [-0.4, -0.2) is 38.8 Å². The first kappa shape index (κ1) is 13.5. The molecular weight excluding hydrogens is 230 g/mol. The van der Waals surface area contributed by atoms with E-state index in [9.17, 15) is 5.11 Å². The molecule has 0 saturated carbocycles. The summed E-state index contributed by atoms with van der Waals surface area (Å²) in [7, 11) is 0. The van der Waals surface area contributed by atoms with Gasteiger partial charge in [0, 0.05) is 18.5 Å². The van der Waals surface area contributed by atoms with Gasteiger partial charge in [-0.2, -0.15) is 4.98 Å². The Bertz CT molecular complexity index is 414. The van der Waals surface area contributed by atoms with Gasteiger partial charge < -0.3 is 9.63 Å². The molecule has 0 spiro atoms. The largest absolute Gasteiger partial charge is 0.387 e. The standard InChI is InChI=1S/C13H23N3O2/c1-9(2)13(17)7-16(8-13)6-10-14-11(18-15-10)12(3,4)5/h9,17H,6-8H2,1-5H3. The number of nitrogens with zero attached hydrogens (tertiary/aromatic N) is 3. The molecule has 0 unspecified atom stereocenters. The van der Waals surface area contributed by atoms with Crippen LogP contribution in [0.5, 0.6) is 0 Å². The summed E-state index contributed by atoms with van der Waals surface area (Å²) in [5, 5.41) is 14.2. The zero-order valence-electron chi connectivity index (χ0n) is 11.9. The summed E-state index contributed by atoms with van der Waals surface area (Å²) >= 11 is 0. The van der Waals surface area contributed by atoms with Gasteiger partial charge in [-0.25, -0.2) is 0 Å². The third-order valence-electron chi connectivity index (χ3n) is 3.54. The van der Waals surface area contributed by atoms with Crippen molar-refractivity contribution in [3.8, 4) is 0 Å². The van der Waals surface area contributed by atoms with Crippen molar-refractivity contribution < 1.29 is 9.63 Å². The molecule has 5 nitrogen and oxygen atoms in total. The van der Waals surface area contributed by atoms with E-state index in [4.69, 9.17) is 4.52 Å². The number of hydrogen-bond donors (Lipinski definition) is 1. The molecular formula is C13H23N3O2. The van der Waals surface area contributed by atoms with Crippen molar-refractivity contribution in [2.24, 2.45) is 5.92 Å². The molecule has 102 valence electrons. The second-order valence-electron chi connectivity index (χ2n) is 6.67. The van der Waals surface area contributed by atoms with Gasteiger partial charge in [0.05, 0.1) is 12.1 Å². The van der Waals surface area contributed by atoms with Gasteiger partial charge in [0.15, 0.2) is 5.82 Å². The Morgan fingerprint density at radius 2 is 2.00 bits per heavy atom. The number of likely N-dealkylation sites (tertiary alicyclic amines) is 1. The lowest BCUT2D eigenvalue weighted by molar-refractivity contribution is -0.131. The molecule has 0 aromatic carbocycles. The van der Waals surface area contributed by atoms with Crippen LogP contribution in [-0.2, 0) is 12.0 Å². The fourth-order valence-corrected chi connectivity index (χ4v) is 2.03. The topological polar surface area (TPSA) is 62.4 Å². The summed E-state index contributed by atoms with van der Waals surface area (Å²) in [6.07, 6.45) is 0. The predicted molar refractivity (Wildman–Crippen MR) is 68.1 cm³/mol. The van der Waals surface area contributed by atoms with Crippen molar-refractivity contribution >= 4 is 0 Å². The van der Waals surface area contributed by atoms with Crippen LogP contribution in [0, 0.1) is 5.92 Å². The van der Waals surface area contributed by atoms with E-state index in [1.54, 1.807) is 0 Å². The van der Waals surface area contributed by atoms with Crippen LogP contribution in [0.3, 0.4) is 0 Å². The summed E-state index contributed by atoms with van der Waals surface area (Å²) in [5.74, 6) is 1.65. The lowest BCUT2D eigenvalue weighted by atomic mass is 9.83. The van der Waals surface area contributed by atoms with Crippen molar-refractivity contribution in [3.05, 3.63) is 11.7 Å². The zero-order chi connectivity index (χ0) is 13.6. The molecule has 18 heavy (non-hydrogen) atoms. The monoisotopic (exact) mass is 253 g/mol. The molecule has 1 aromatic heterocycles. The maximum atomic E-state index is 10.2. The highest BCUT2D eigenvalue weighted by Gasteiger charge is 2.43. The Morgan fingerprint density at radius 1 is 1.39 bits per heavy atom. The van der Waals surface area contributed by atoms with E-state index in [2.05, 4.69) is 15.0 Å². The molecule has 0 atom stereocenters. The number of rotatable bonds is 3. The van der Waals surface area contributed by atoms with Crippen molar-refractivity contribution in [3.63, 3.8) is 0 Å². The molecule has 2 heterocycles. The molecule has 1 aromatic rings. The minimum absolute atomic E-state index is 0.112. The Labute approximate surface area is 108 Å². The lowest BCUT2D eigenvalue weighted by Gasteiger charge is -2.48. The predicted octanol–water partition coefficient (Wildman–Crippen LogP) is 1.57. The second-order valence-corrected chi connectivity index (χ2v) is 6.67. The van der Waals surface area contributed by atoms with Gasteiger partial charge in [-0.05, 0) is 5.92 Å². The number of β-amino-alcohol motifs (C(OH)–C–C–N with tert-alkyl or cyclic N) is 1. The van der Waals surface area contributed by atoms with E-state index < -0.39 is 5.60 Å². The van der Waals surface area contributed by atoms with Crippen molar-refractivity contribution in [1.29, 1.82) is 0 Å². The van der Waals surface area contributed by atoms with E-state index >= 15 is 0 Å². The van der Waals surface area contributed by atoms with Crippen LogP contribution in [0.1, 0.15) is 46.3 Å². The number of hydrogen-bond acceptors (Lipinski definition) is 5. The Hall–Kier alpha value is -0.940. The van der Waals surface area contributed by atoms with E-state index in [0.717, 1.165) is 0 Å². The molecule has 1 saturated heterocycles. The number of aliphatic hydroxyl groups is 1. The smallest absolute Gasteiger partial charge is 0.232 e. The summed E-state index contributed by atoms with van der Waals surface area (Å²) in [5.41, 5.74) is -0.657. The van der Waals surface area contributed by atoms with Crippen LogP contribution >= 0.6 is 0 Å². The Kier molecular flexibility index (Phi) is 3.23. The molecule has 2 rings (SSSR count). The van der Waals surface area contributed by atoms with Gasteiger partial charge in [-0.15, -0.1) is 0 Å². The van der Waals surface area contributed by atoms with Crippen LogP contribution in [0.25, 0.3) is 0 Å². The molecule has 0 amide bonds. The fourth-order valence-electron chi connectivity index (χ4n) is 2.03. The fraction of sp³-hybridized carbons (Fsp3) is 0.846. The van der Waals surface area contributed by atoms with Crippen LogP contribution in [0.2, 0.25) is 0 Å². The molecule has 0 bridgehead atoms. The maximum absolute atomic E-state index is 10.2. The van der Waals surface area contributed by atoms with Gasteiger partial charge in [0.25, 0.3) is 0 Å². The third-order valence-corrected chi connectivity index (χ3v) is 3.54. The van der Waals surface area contributed by atoms with Crippen molar-refractivity contribution in [1.82, 2.24) is 15.0 Å². The Balaban J connectivity index is 1.91. The van der Waals surface area contributed by atoms with Gasteiger partial charge in [0.1, 0.15) is 0 Å². The first-order valence-corrected chi connectivity index (χ1v) is 6.48. The third kappa shape index (κ3) is 2.57. The summed E-state index contributed by atoms with van der Waals surface area (Å²) in [6, 6.07) is 0. The minimum atomic E-state index is -0.545. The summed E-state index contributed by atoms with van der Waals surface area (Å²) < 4.78 is 5.25. The molecule has 0 radical (unpaired) electrons. The highest BCUT2D eigenvalue weighted by atomic mass is 16.5. The average molecular weight is 253 g/mol. The molecule has 1 fully saturated rings. The SMILES string of the molecule is CC(C)C1(O)CN(Cc2noc(C(C)(C)C)n2)C1. The van der Waals surface area contributed by atoms with E-state index in [1.165, 1.54) is 0 Å². The first-order chi connectivity index (χ1) is 8.21. The van der Waals surface area contributed by atoms with Gasteiger partial charge in [-0.3, -0.25) is 4.90 Å². The van der Waals surface area contributed by atoms with E-state index in [0.29, 0.717) is 31.3 Å². The second kappa shape index (κ2) is 4.31. The van der Waals surface area contributed by atoms with Gasteiger partial charge >= 0.3 is 0 Å².